The lowest BCUT2D eigenvalue weighted by atomic mass is 10.3. The average molecular weight is 234 g/mol. The first-order valence-corrected chi connectivity index (χ1v) is 8.13. The quantitative estimate of drug-likeness (QED) is 0.363. The van der Waals surface area contributed by atoms with Crippen LogP contribution in [0.1, 0.15) is 27.7 Å². The van der Waals surface area contributed by atoms with Crippen LogP contribution in [0.25, 0.3) is 0 Å². The SMILES string of the molecule is CC(C)=CCSSSCC=C(C)C. The third kappa shape index (κ3) is 12.5. The molecule has 0 unspecified atom stereocenters. The summed E-state index contributed by atoms with van der Waals surface area (Å²) in [5.41, 5.74) is 2.81. The summed E-state index contributed by atoms with van der Waals surface area (Å²) in [7, 11) is 5.70. The molecule has 0 nitrogen and oxygen atoms in total. The molecule has 0 aromatic rings. The molecule has 0 amide bonds. The molecule has 0 rings (SSSR count). The zero-order chi connectivity index (χ0) is 10.1. The van der Waals surface area contributed by atoms with Gasteiger partial charge in [-0.1, -0.05) is 44.9 Å². The maximum absolute atomic E-state index is 2.26. The third-order valence-corrected chi connectivity index (χ3v) is 5.14. The van der Waals surface area contributed by atoms with Crippen LogP contribution in [0, 0.1) is 0 Å². The van der Waals surface area contributed by atoms with Crippen LogP contribution in [-0.4, -0.2) is 11.5 Å². The van der Waals surface area contributed by atoms with Gasteiger partial charge in [0.25, 0.3) is 0 Å². The van der Waals surface area contributed by atoms with E-state index in [1.54, 1.807) is 0 Å². The Morgan fingerprint density at radius 1 is 0.846 bits per heavy atom. The molecule has 0 heterocycles. The van der Waals surface area contributed by atoms with Crippen LogP contribution in [0.4, 0.5) is 0 Å². The summed E-state index contributed by atoms with van der Waals surface area (Å²) in [6.07, 6.45) is 4.53. The summed E-state index contributed by atoms with van der Waals surface area (Å²) < 4.78 is 0. The van der Waals surface area contributed by atoms with Gasteiger partial charge in [0, 0.05) is 11.5 Å². The maximum Gasteiger partial charge on any atom is 0.0228 e. The van der Waals surface area contributed by atoms with Crippen LogP contribution < -0.4 is 0 Å². The van der Waals surface area contributed by atoms with E-state index in [4.69, 9.17) is 0 Å². The summed E-state index contributed by atoms with van der Waals surface area (Å²) in [4.78, 5) is 0. The van der Waals surface area contributed by atoms with Crippen LogP contribution >= 0.6 is 31.4 Å². The van der Waals surface area contributed by atoms with E-state index in [1.807, 2.05) is 31.4 Å². The lowest BCUT2D eigenvalue weighted by Crippen LogP contribution is -1.70. The van der Waals surface area contributed by atoms with E-state index in [9.17, 15) is 0 Å². The zero-order valence-electron chi connectivity index (χ0n) is 8.79. The Bertz CT molecular complexity index is 155. The Hall–Kier alpha value is 0.530. The summed E-state index contributed by atoms with van der Waals surface area (Å²) in [5, 5.41) is 0. The van der Waals surface area contributed by atoms with Crippen molar-refractivity contribution < 1.29 is 0 Å². The van der Waals surface area contributed by atoms with Gasteiger partial charge < -0.3 is 0 Å². The predicted octanol–water partition coefficient (Wildman–Crippen LogP) is 4.95. The van der Waals surface area contributed by atoms with Gasteiger partial charge in [-0.15, -0.1) is 0 Å². The molecule has 0 fully saturated rings. The highest BCUT2D eigenvalue weighted by Gasteiger charge is 1.88. The fourth-order valence-electron chi connectivity index (χ4n) is 0.491. The molecule has 0 N–H and O–H groups in total. The van der Waals surface area contributed by atoms with Crippen molar-refractivity contribution in [1.82, 2.24) is 0 Å². The lowest BCUT2D eigenvalue weighted by Gasteiger charge is -1.95. The van der Waals surface area contributed by atoms with Gasteiger partial charge in [-0.2, -0.15) is 0 Å². The Kier molecular flexibility index (Phi) is 9.47. The van der Waals surface area contributed by atoms with Gasteiger partial charge in [-0.25, -0.2) is 0 Å². The molecule has 0 radical (unpaired) electrons. The summed E-state index contributed by atoms with van der Waals surface area (Å²) in [5.74, 6) is 2.24. The molecule has 0 aromatic heterocycles. The molecule has 0 aliphatic heterocycles. The van der Waals surface area contributed by atoms with Crippen molar-refractivity contribution in [3.63, 3.8) is 0 Å². The standard InChI is InChI=1S/C10H18S3/c1-9(2)5-7-11-13-12-8-6-10(3)4/h5-6H,7-8H2,1-4H3. The number of allylic oxidation sites excluding steroid dienone is 2. The highest BCUT2D eigenvalue weighted by molar-refractivity contribution is 9.09. The molecule has 0 saturated heterocycles. The van der Waals surface area contributed by atoms with E-state index >= 15 is 0 Å². The van der Waals surface area contributed by atoms with E-state index < -0.39 is 0 Å². The first-order chi connectivity index (χ1) is 6.13. The number of hydrogen-bond donors (Lipinski definition) is 0. The number of rotatable bonds is 6. The molecule has 0 aliphatic rings. The van der Waals surface area contributed by atoms with Crippen LogP contribution in [0.5, 0.6) is 0 Å². The first kappa shape index (κ1) is 13.5. The Balaban J connectivity index is 3.18. The van der Waals surface area contributed by atoms with Gasteiger partial charge >= 0.3 is 0 Å². The highest BCUT2D eigenvalue weighted by Crippen LogP contribution is 2.34. The minimum Gasteiger partial charge on any atom is -0.0796 e. The van der Waals surface area contributed by atoms with Crippen molar-refractivity contribution in [3.05, 3.63) is 23.3 Å². The fraction of sp³-hybridized carbons (Fsp3) is 0.600. The second kappa shape index (κ2) is 9.10. The molecular weight excluding hydrogens is 216 g/mol. The molecule has 0 atom stereocenters. The smallest absolute Gasteiger partial charge is 0.0228 e. The third-order valence-electron chi connectivity index (χ3n) is 1.22. The Labute approximate surface area is 93.8 Å². The number of hydrogen-bond acceptors (Lipinski definition) is 3. The van der Waals surface area contributed by atoms with E-state index in [1.165, 1.54) is 11.1 Å². The molecular formula is C10H18S3. The lowest BCUT2D eigenvalue weighted by molar-refractivity contribution is 1.37. The highest BCUT2D eigenvalue weighted by atomic mass is 33.5. The normalized spacial score (nSPS) is 9.54. The van der Waals surface area contributed by atoms with Crippen molar-refractivity contribution in [3.8, 4) is 0 Å². The summed E-state index contributed by atoms with van der Waals surface area (Å²) >= 11 is 0. The van der Waals surface area contributed by atoms with Crippen molar-refractivity contribution in [2.75, 3.05) is 11.5 Å². The van der Waals surface area contributed by atoms with Crippen molar-refractivity contribution >= 4 is 31.4 Å². The Morgan fingerprint density at radius 3 is 1.54 bits per heavy atom. The molecule has 0 spiro atoms. The second-order valence-corrected chi connectivity index (χ2v) is 7.52. The van der Waals surface area contributed by atoms with E-state index in [-0.39, 0.29) is 0 Å². The molecule has 0 saturated carbocycles. The van der Waals surface area contributed by atoms with Crippen molar-refractivity contribution in [2.24, 2.45) is 0 Å². The monoisotopic (exact) mass is 234 g/mol. The largest absolute Gasteiger partial charge is 0.0796 e. The minimum atomic E-state index is 1.12. The second-order valence-electron chi connectivity index (χ2n) is 3.20. The molecule has 13 heavy (non-hydrogen) atoms. The van der Waals surface area contributed by atoms with Gasteiger partial charge in [-0.3, -0.25) is 0 Å². The first-order valence-electron chi connectivity index (χ1n) is 4.30. The van der Waals surface area contributed by atoms with E-state index in [0.717, 1.165) is 11.5 Å². The van der Waals surface area contributed by atoms with Gasteiger partial charge in [0.05, 0.1) is 0 Å². The van der Waals surface area contributed by atoms with Crippen LogP contribution in [0.3, 0.4) is 0 Å². The van der Waals surface area contributed by atoms with Crippen LogP contribution in [0.15, 0.2) is 23.3 Å². The minimum absolute atomic E-state index is 1.12. The Morgan fingerprint density at radius 2 is 1.23 bits per heavy atom. The maximum atomic E-state index is 2.26. The van der Waals surface area contributed by atoms with E-state index in [2.05, 4.69) is 39.8 Å². The summed E-state index contributed by atoms with van der Waals surface area (Å²) in [6.45, 7) is 8.56. The average Bonchev–Trinajstić information content (AvgIpc) is 2.01. The van der Waals surface area contributed by atoms with Crippen LogP contribution in [0.2, 0.25) is 0 Å². The van der Waals surface area contributed by atoms with Gasteiger partial charge in [0.15, 0.2) is 0 Å². The fourth-order valence-corrected chi connectivity index (χ4v) is 4.03. The predicted molar refractivity (Wildman–Crippen MR) is 71.4 cm³/mol. The van der Waals surface area contributed by atoms with Gasteiger partial charge in [-0.05, 0) is 37.5 Å². The van der Waals surface area contributed by atoms with E-state index in [0.29, 0.717) is 0 Å². The molecule has 3 heteroatoms. The summed E-state index contributed by atoms with van der Waals surface area (Å²) in [6, 6.07) is 0. The van der Waals surface area contributed by atoms with Gasteiger partial charge in [0.1, 0.15) is 0 Å². The molecule has 0 bridgehead atoms. The van der Waals surface area contributed by atoms with Crippen LogP contribution in [-0.2, 0) is 0 Å². The zero-order valence-corrected chi connectivity index (χ0v) is 11.2. The molecule has 0 aromatic carbocycles. The van der Waals surface area contributed by atoms with Crippen molar-refractivity contribution in [1.29, 1.82) is 0 Å². The molecule has 76 valence electrons. The van der Waals surface area contributed by atoms with Gasteiger partial charge in [0.2, 0.25) is 0 Å². The molecule has 0 aliphatic carbocycles. The topological polar surface area (TPSA) is 0 Å². The van der Waals surface area contributed by atoms with Crippen molar-refractivity contribution in [2.45, 2.75) is 27.7 Å².